The van der Waals surface area contributed by atoms with Crippen molar-refractivity contribution >= 4 is 28.6 Å². The van der Waals surface area contributed by atoms with Crippen molar-refractivity contribution in [3.8, 4) is 5.69 Å². The summed E-state index contributed by atoms with van der Waals surface area (Å²) in [4.78, 5) is 50.4. The summed E-state index contributed by atoms with van der Waals surface area (Å²) in [6.07, 6.45) is 2.23. The fraction of sp³-hybridized carbons (Fsp3) is 0.333. The molecule has 1 N–H and O–H groups in total. The Morgan fingerprint density at radius 3 is 2.57 bits per heavy atom. The Morgan fingerprint density at radius 2 is 1.89 bits per heavy atom. The van der Waals surface area contributed by atoms with Crippen molar-refractivity contribution in [2.24, 2.45) is 0 Å². The maximum Gasteiger partial charge on any atom is 0.268 e. The summed E-state index contributed by atoms with van der Waals surface area (Å²) in [6, 6.07) is 8.23. The Kier molecular flexibility index (Phi) is 4.93. The minimum absolute atomic E-state index is 0.0661. The Balaban J connectivity index is 1.84. The van der Waals surface area contributed by atoms with Gasteiger partial charge >= 0.3 is 0 Å². The fourth-order valence-corrected chi connectivity index (χ4v) is 4.62. The predicted molar refractivity (Wildman–Crippen MR) is 107 cm³/mol. The maximum atomic E-state index is 13.2. The molecule has 7 heteroatoms. The number of carbonyl (C=O) groups excluding carboxylic acids is 3. The molecule has 1 saturated heterocycles. The van der Waals surface area contributed by atoms with Crippen molar-refractivity contribution in [3.63, 3.8) is 0 Å². The second-order valence-corrected chi connectivity index (χ2v) is 8.25. The summed E-state index contributed by atoms with van der Waals surface area (Å²) in [5.41, 5.74) is 2.18. The number of nitrogens with zero attached hydrogens (tertiary/aromatic N) is 1. The van der Waals surface area contributed by atoms with Crippen LogP contribution in [0.15, 0.2) is 35.1 Å². The number of pyridine rings is 1. The normalized spacial score (nSPS) is 18.8. The lowest BCUT2D eigenvalue weighted by Crippen LogP contribution is -2.41. The number of amides is 1. The van der Waals surface area contributed by atoms with E-state index in [0.29, 0.717) is 48.4 Å². The smallest absolute Gasteiger partial charge is 0.268 e. The number of rotatable bonds is 3. The van der Waals surface area contributed by atoms with E-state index in [4.69, 9.17) is 0 Å². The van der Waals surface area contributed by atoms with Gasteiger partial charge in [0, 0.05) is 29.1 Å². The summed E-state index contributed by atoms with van der Waals surface area (Å²) in [6.45, 7) is 1.95. The molecule has 1 fully saturated rings. The van der Waals surface area contributed by atoms with Gasteiger partial charge in [0.05, 0.1) is 6.04 Å². The molecule has 1 aromatic heterocycles. The van der Waals surface area contributed by atoms with Crippen LogP contribution in [0.2, 0.25) is 0 Å². The first kappa shape index (κ1) is 18.7. The van der Waals surface area contributed by atoms with Gasteiger partial charge in [-0.1, -0.05) is 29.5 Å². The monoisotopic (exact) mass is 396 g/mol. The molecule has 0 radical (unpaired) electrons. The molecule has 2 heterocycles. The first-order valence-corrected chi connectivity index (χ1v) is 10.3. The molecule has 2 aliphatic rings. The van der Waals surface area contributed by atoms with E-state index >= 15 is 0 Å². The van der Waals surface area contributed by atoms with Crippen molar-refractivity contribution < 1.29 is 14.4 Å². The first-order valence-electron chi connectivity index (χ1n) is 9.32. The van der Waals surface area contributed by atoms with Crippen molar-refractivity contribution in [1.82, 2.24) is 9.88 Å². The molecular formula is C21H20N2O4S. The van der Waals surface area contributed by atoms with Crippen molar-refractivity contribution in [2.75, 3.05) is 5.75 Å². The van der Waals surface area contributed by atoms with Gasteiger partial charge in [0.25, 0.3) is 11.5 Å². The highest BCUT2D eigenvalue weighted by Crippen LogP contribution is 2.24. The third-order valence-electron chi connectivity index (χ3n) is 5.20. The Labute approximate surface area is 166 Å². The average molecular weight is 396 g/mol. The molecule has 0 unspecified atom stereocenters. The summed E-state index contributed by atoms with van der Waals surface area (Å²) in [5.74, 6) is -0.0170. The maximum absolute atomic E-state index is 13.2. The molecule has 1 aliphatic carbocycles. The fourth-order valence-electron chi connectivity index (χ4n) is 3.68. The average Bonchev–Trinajstić information content (AvgIpc) is 3.07. The van der Waals surface area contributed by atoms with Gasteiger partial charge in [0.1, 0.15) is 5.56 Å². The van der Waals surface area contributed by atoms with E-state index in [1.807, 2.05) is 31.2 Å². The highest BCUT2D eigenvalue weighted by Gasteiger charge is 2.30. The number of fused-ring (bicyclic) bond motifs is 1. The van der Waals surface area contributed by atoms with E-state index in [1.54, 1.807) is 0 Å². The predicted octanol–water partition coefficient (Wildman–Crippen LogP) is 2.43. The second-order valence-electron chi connectivity index (χ2n) is 7.15. The van der Waals surface area contributed by atoms with Crippen LogP contribution in [0.4, 0.5) is 0 Å². The number of ketones is 1. The molecule has 28 heavy (non-hydrogen) atoms. The van der Waals surface area contributed by atoms with E-state index in [0.717, 1.165) is 5.56 Å². The molecule has 4 rings (SSSR count). The summed E-state index contributed by atoms with van der Waals surface area (Å²) in [5, 5.41) is 2.57. The molecule has 0 saturated carbocycles. The number of Topliss-reactive ketones (excluding diaryl/α,β-unsaturated/α-hetero) is 1. The van der Waals surface area contributed by atoms with Crippen molar-refractivity contribution in [3.05, 3.63) is 63.1 Å². The van der Waals surface area contributed by atoms with Gasteiger partial charge in [0.15, 0.2) is 5.78 Å². The number of hydrogen-bond donors (Lipinski definition) is 1. The van der Waals surface area contributed by atoms with E-state index in [2.05, 4.69) is 5.32 Å². The molecule has 1 amide bonds. The molecule has 0 spiro atoms. The molecule has 6 nitrogen and oxygen atoms in total. The summed E-state index contributed by atoms with van der Waals surface area (Å²) < 4.78 is 1.48. The number of carbonyl (C=O) groups is 3. The van der Waals surface area contributed by atoms with Crippen LogP contribution in [0.25, 0.3) is 5.69 Å². The standard InChI is InChI=1S/C21H20N2O4S/c1-12-5-7-13(8-6-12)23-17-3-2-4-18(24)14(17)11-15(20(23)26)19(25)22-16-9-10-28-21(16)27/h5-8,11,16H,2-4,9-10H2,1H3,(H,22,25)/t16-/m0/s1. The number of hydrogen-bond acceptors (Lipinski definition) is 5. The van der Waals surface area contributed by atoms with Crippen LogP contribution in [-0.4, -0.2) is 33.2 Å². The van der Waals surface area contributed by atoms with Crippen LogP contribution in [-0.2, 0) is 11.2 Å². The molecule has 1 atom stereocenters. The second kappa shape index (κ2) is 7.39. The number of aryl methyl sites for hydroxylation is 1. The van der Waals surface area contributed by atoms with Crippen LogP contribution < -0.4 is 10.9 Å². The highest BCUT2D eigenvalue weighted by molar-refractivity contribution is 8.14. The van der Waals surface area contributed by atoms with Crippen LogP contribution >= 0.6 is 11.8 Å². The van der Waals surface area contributed by atoms with Gasteiger partial charge in [-0.25, -0.2) is 0 Å². The molecule has 2 aromatic rings. The quantitative estimate of drug-likeness (QED) is 0.861. The third-order valence-corrected chi connectivity index (χ3v) is 6.21. The van der Waals surface area contributed by atoms with Gasteiger partial charge in [0.2, 0.25) is 5.12 Å². The van der Waals surface area contributed by atoms with Gasteiger partial charge in [-0.15, -0.1) is 0 Å². The Morgan fingerprint density at radius 1 is 1.14 bits per heavy atom. The van der Waals surface area contributed by atoms with E-state index in [-0.39, 0.29) is 16.5 Å². The SMILES string of the molecule is Cc1ccc(-n2c3c(cc(C(=O)N[C@H]4CCSC4=O)c2=O)C(=O)CCC3)cc1. The topological polar surface area (TPSA) is 85.2 Å². The van der Waals surface area contributed by atoms with Gasteiger partial charge < -0.3 is 5.32 Å². The number of benzene rings is 1. The summed E-state index contributed by atoms with van der Waals surface area (Å²) in [7, 11) is 0. The zero-order valence-electron chi connectivity index (χ0n) is 15.5. The van der Waals surface area contributed by atoms with Crippen molar-refractivity contribution in [2.45, 2.75) is 38.6 Å². The van der Waals surface area contributed by atoms with Crippen LogP contribution in [0.5, 0.6) is 0 Å². The molecule has 1 aliphatic heterocycles. The zero-order chi connectivity index (χ0) is 19.8. The third kappa shape index (κ3) is 3.30. The van der Waals surface area contributed by atoms with Crippen LogP contribution in [0.3, 0.4) is 0 Å². The van der Waals surface area contributed by atoms with E-state index in [9.17, 15) is 19.2 Å². The zero-order valence-corrected chi connectivity index (χ0v) is 16.3. The van der Waals surface area contributed by atoms with Gasteiger partial charge in [-0.3, -0.25) is 23.7 Å². The lowest BCUT2D eigenvalue weighted by Gasteiger charge is -2.22. The van der Waals surface area contributed by atoms with Gasteiger partial charge in [-0.05, 0) is 44.4 Å². The Bertz CT molecular complexity index is 1040. The number of nitrogens with one attached hydrogen (secondary N) is 1. The molecular weight excluding hydrogens is 376 g/mol. The lowest BCUT2D eigenvalue weighted by atomic mass is 9.92. The first-order chi connectivity index (χ1) is 13.5. The Hall–Kier alpha value is -2.67. The van der Waals surface area contributed by atoms with Gasteiger partial charge in [-0.2, -0.15) is 0 Å². The number of thioether (sulfide) groups is 1. The molecule has 144 valence electrons. The summed E-state index contributed by atoms with van der Waals surface area (Å²) >= 11 is 1.18. The highest BCUT2D eigenvalue weighted by atomic mass is 32.2. The minimum atomic E-state index is -0.604. The minimum Gasteiger partial charge on any atom is -0.341 e. The van der Waals surface area contributed by atoms with E-state index < -0.39 is 17.5 Å². The van der Waals surface area contributed by atoms with E-state index in [1.165, 1.54) is 22.4 Å². The van der Waals surface area contributed by atoms with Crippen LogP contribution in [0.1, 0.15) is 51.2 Å². The molecule has 0 bridgehead atoms. The van der Waals surface area contributed by atoms with Crippen LogP contribution in [0, 0.1) is 6.92 Å². The largest absolute Gasteiger partial charge is 0.341 e. The number of aromatic nitrogens is 1. The van der Waals surface area contributed by atoms with Crippen molar-refractivity contribution in [1.29, 1.82) is 0 Å². The molecule has 1 aromatic carbocycles. The lowest BCUT2D eigenvalue weighted by molar-refractivity contribution is -0.112.